The van der Waals surface area contributed by atoms with E-state index in [1.165, 1.54) is 5.56 Å². The van der Waals surface area contributed by atoms with Gasteiger partial charge in [-0.1, -0.05) is 44.2 Å². The van der Waals surface area contributed by atoms with Gasteiger partial charge in [0.1, 0.15) is 5.76 Å². The Morgan fingerprint density at radius 2 is 1.91 bits per heavy atom. The minimum Gasteiger partial charge on any atom is -0.467 e. The van der Waals surface area contributed by atoms with Gasteiger partial charge in [0.15, 0.2) is 0 Å². The highest BCUT2D eigenvalue weighted by Crippen LogP contribution is 2.28. The summed E-state index contributed by atoms with van der Waals surface area (Å²) in [6.07, 6.45) is 2.49. The molecular formula is C19H26N2O2. The van der Waals surface area contributed by atoms with Crippen LogP contribution in [0, 0.1) is 0 Å². The van der Waals surface area contributed by atoms with Gasteiger partial charge in [-0.15, -0.1) is 0 Å². The molecule has 1 aromatic heterocycles. The van der Waals surface area contributed by atoms with E-state index >= 15 is 0 Å². The summed E-state index contributed by atoms with van der Waals surface area (Å²) in [5.74, 6) is 0.778. The Kier molecular flexibility index (Phi) is 5.48. The molecular weight excluding hydrogens is 288 g/mol. The molecule has 2 aromatic rings. The van der Waals surface area contributed by atoms with Crippen LogP contribution in [0.25, 0.3) is 0 Å². The van der Waals surface area contributed by atoms with Crippen LogP contribution >= 0.6 is 0 Å². The van der Waals surface area contributed by atoms with Crippen LogP contribution < -0.4 is 5.32 Å². The summed E-state index contributed by atoms with van der Waals surface area (Å²) in [4.78, 5) is 13.9. The molecule has 2 amide bonds. The molecule has 0 radical (unpaired) electrons. The minimum atomic E-state index is -0.0854. The second kappa shape index (κ2) is 7.36. The van der Waals surface area contributed by atoms with Crippen molar-refractivity contribution < 1.29 is 9.21 Å². The lowest BCUT2D eigenvalue weighted by molar-refractivity contribution is 0.197. The highest BCUT2D eigenvalue weighted by atomic mass is 16.3. The second-order valence-electron chi connectivity index (χ2n) is 6.74. The summed E-state index contributed by atoms with van der Waals surface area (Å²) in [6.45, 7) is 6.92. The van der Waals surface area contributed by atoms with Crippen LogP contribution in [0.15, 0.2) is 53.1 Å². The molecule has 23 heavy (non-hydrogen) atoms. The molecule has 0 spiro atoms. The van der Waals surface area contributed by atoms with Crippen molar-refractivity contribution in [2.24, 2.45) is 0 Å². The Bertz CT molecular complexity index is 606. The highest BCUT2D eigenvalue weighted by Gasteiger charge is 2.24. The lowest BCUT2D eigenvalue weighted by atomic mass is 9.79. The van der Waals surface area contributed by atoms with E-state index in [0.29, 0.717) is 6.54 Å². The second-order valence-corrected chi connectivity index (χ2v) is 6.74. The highest BCUT2D eigenvalue weighted by molar-refractivity contribution is 5.74. The number of furan rings is 1. The third-order valence-corrected chi connectivity index (χ3v) is 4.06. The molecule has 0 saturated heterocycles. The van der Waals surface area contributed by atoms with Gasteiger partial charge in [0, 0.05) is 13.1 Å². The average Bonchev–Trinajstić information content (AvgIpc) is 3.00. The lowest BCUT2D eigenvalue weighted by Crippen LogP contribution is -2.43. The molecule has 0 fully saturated rings. The number of carbonyl (C=O) groups excluding carboxylic acids is 1. The van der Waals surface area contributed by atoms with Crippen molar-refractivity contribution in [3.05, 3.63) is 60.1 Å². The Hall–Kier alpha value is -2.23. The maximum Gasteiger partial charge on any atom is 0.317 e. The van der Waals surface area contributed by atoms with E-state index in [1.807, 2.05) is 25.1 Å². The maximum atomic E-state index is 12.3. The first-order valence-corrected chi connectivity index (χ1v) is 7.98. The van der Waals surface area contributed by atoms with Crippen LogP contribution in [0.2, 0.25) is 0 Å². The Labute approximate surface area is 138 Å². The molecule has 0 aliphatic rings. The monoisotopic (exact) mass is 314 g/mol. The SMILES string of the molecule is CC(CC(C)(C)c1ccccc1)NC(=O)N(C)Cc1ccco1. The number of amides is 2. The summed E-state index contributed by atoms with van der Waals surface area (Å²) < 4.78 is 5.28. The van der Waals surface area contributed by atoms with Crippen LogP contribution in [0.3, 0.4) is 0 Å². The van der Waals surface area contributed by atoms with Crippen molar-refractivity contribution in [3.8, 4) is 0 Å². The molecule has 1 heterocycles. The zero-order valence-corrected chi connectivity index (χ0v) is 14.4. The maximum absolute atomic E-state index is 12.3. The third kappa shape index (κ3) is 4.88. The van der Waals surface area contributed by atoms with Crippen LogP contribution in [0.4, 0.5) is 4.79 Å². The van der Waals surface area contributed by atoms with Crippen LogP contribution in [0.1, 0.15) is 38.5 Å². The zero-order valence-electron chi connectivity index (χ0n) is 14.4. The van der Waals surface area contributed by atoms with E-state index in [4.69, 9.17) is 4.42 Å². The summed E-state index contributed by atoms with van der Waals surface area (Å²) >= 11 is 0. The van der Waals surface area contributed by atoms with Gasteiger partial charge >= 0.3 is 6.03 Å². The standard InChI is InChI=1S/C19H26N2O2/c1-15(13-19(2,3)16-9-6-5-7-10-16)20-18(22)21(4)14-17-11-8-12-23-17/h5-12,15H,13-14H2,1-4H3,(H,20,22). The van der Waals surface area contributed by atoms with Crippen LogP contribution in [-0.4, -0.2) is 24.0 Å². The largest absolute Gasteiger partial charge is 0.467 e. The summed E-state index contributed by atoms with van der Waals surface area (Å²) in [7, 11) is 1.77. The first-order chi connectivity index (χ1) is 10.9. The first-order valence-electron chi connectivity index (χ1n) is 7.98. The van der Waals surface area contributed by atoms with Gasteiger partial charge in [-0.25, -0.2) is 4.79 Å². The number of rotatable bonds is 6. The Balaban J connectivity index is 1.88. The van der Waals surface area contributed by atoms with Gasteiger partial charge in [0.05, 0.1) is 12.8 Å². The van der Waals surface area contributed by atoms with Crippen molar-refractivity contribution in [2.45, 2.75) is 45.2 Å². The molecule has 0 bridgehead atoms. The molecule has 0 saturated carbocycles. The predicted octanol–water partition coefficient (Wildman–Crippen LogP) is 4.18. The first kappa shape index (κ1) is 17.1. The van der Waals surface area contributed by atoms with E-state index in [-0.39, 0.29) is 17.5 Å². The average molecular weight is 314 g/mol. The van der Waals surface area contributed by atoms with Crippen LogP contribution in [0.5, 0.6) is 0 Å². The smallest absolute Gasteiger partial charge is 0.317 e. The number of hydrogen-bond acceptors (Lipinski definition) is 2. The zero-order chi connectivity index (χ0) is 16.9. The molecule has 1 aromatic carbocycles. The number of nitrogens with zero attached hydrogens (tertiary/aromatic N) is 1. The van der Waals surface area contributed by atoms with Gasteiger partial charge in [-0.2, -0.15) is 0 Å². The van der Waals surface area contributed by atoms with E-state index in [9.17, 15) is 4.79 Å². The van der Waals surface area contributed by atoms with E-state index in [1.54, 1.807) is 18.2 Å². The van der Waals surface area contributed by atoms with Crippen molar-refractivity contribution in [2.75, 3.05) is 7.05 Å². The topological polar surface area (TPSA) is 45.5 Å². The van der Waals surface area contributed by atoms with Crippen LogP contribution in [-0.2, 0) is 12.0 Å². The van der Waals surface area contributed by atoms with Gasteiger partial charge in [0.25, 0.3) is 0 Å². The number of carbonyl (C=O) groups is 1. The molecule has 1 atom stereocenters. The fourth-order valence-corrected chi connectivity index (χ4v) is 2.85. The molecule has 124 valence electrons. The Morgan fingerprint density at radius 3 is 2.52 bits per heavy atom. The third-order valence-electron chi connectivity index (χ3n) is 4.06. The van der Waals surface area contributed by atoms with E-state index in [0.717, 1.165) is 12.2 Å². The summed E-state index contributed by atoms with van der Waals surface area (Å²) in [6, 6.07) is 14.1. The normalized spacial score (nSPS) is 12.7. The van der Waals surface area contributed by atoms with E-state index < -0.39 is 0 Å². The lowest BCUT2D eigenvalue weighted by Gasteiger charge is -2.30. The number of hydrogen-bond donors (Lipinski definition) is 1. The number of nitrogens with one attached hydrogen (secondary N) is 1. The predicted molar refractivity (Wildman–Crippen MR) is 92.3 cm³/mol. The van der Waals surface area contributed by atoms with Crippen molar-refractivity contribution >= 4 is 6.03 Å². The molecule has 4 heteroatoms. The van der Waals surface area contributed by atoms with Crippen molar-refractivity contribution in [1.82, 2.24) is 10.2 Å². The van der Waals surface area contributed by atoms with Gasteiger partial charge in [0.2, 0.25) is 0 Å². The van der Waals surface area contributed by atoms with Gasteiger partial charge < -0.3 is 14.6 Å². The fourth-order valence-electron chi connectivity index (χ4n) is 2.85. The number of benzene rings is 1. The quantitative estimate of drug-likeness (QED) is 0.869. The number of urea groups is 1. The van der Waals surface area contributed by atoms with Crippen molar-refractivity contribution in [1.29, 1.82) is 0 Å². The molecule has 1 N–H and O–H groups in total. The molecule has 1 unspecified atom stereocenters. The van der Waals surface area contributed by atoms with Crippen molar-refractivity contribution in [3.63, 3.8) is 0 Å². The van der Waals surface area contributed by atoms with Gasteiger partial charge in [-0.05, 0) is 36.5 Å². The molecule has 0 aliphatic heterocycles. The van der Waals surface area contributed by atoms with Gasteiger partial charge in [-0.3, -0.25) is 0 Å². The molecule has 2 rings (SSSR count). The molecule has 4 nitrogen and oxygen atoms in total. The fraction of sp³-hybridized carbons (Fsp3) is 0.421. The molecule has 0 aliphatic carbocycles. The van der Waals surface area contributed by atoms with E-state index in [2.05, 4.69) is 43.4 Å². The summed E-state index contributed by atoms with van der Waals surface area (Å²) in [5, 5.41) is 3.06. The Morgan fingerprint density at radius 1 is 1.22 bits per heavy atom. The summed E-state index contributed by atoms with van der Waals surface area (Å²) in [5.41, 5.74) is 1.29. The minimum absolute atomic E-state index is 0.00748.